The normalized spacial score (nSPS) is 10.9. The molecule has 0 spiro atoms. The number of nitrogens with one attached hydrogen (secondary N) is 2. The number of imide groups is 1. The third-order valence-corrected chi connectivity index (χ3v) is 5.63. The zero-order valence-electron chi connectivity index (χ0n) is 14.6. The number of rotatable bonds is 8. The van der Waals surface area contributed by atoms with Gasteiger partial charge in [0.2, 0.25) is 10.0 Å². The number of carbonyl (C=O) groups is 4. The Bertz CT molecular complexity index is 981. The Hall–Kier alpha value is -2.89. The minimum Gasteiger partial charge on any atom is -0.455 e. The number of amides is 2. The Morgan fingerprint density at radius 3 is 2.32 bits per heavy atom. The molecule has 11 heteroatoms. The Morgan fingerprint density at radius 1 is 1.07 bits per heavy atom. The molecule has 1 aromatic carbocycles. The summed E-state index contributed by atoms with van der Waals surface area (Å²) in [4.78, 5) is 46.3. The van der Waals surface area contributed by atoms with Crippen molar-refractivity contribution in [3.05, 3.63) is 52.2 Å². The van der Waals surface area contributed by atoms with Crippen LogP contribution in [0.15, 0.2) is 46.7 Å². The molecule has 2 rings (SSSR count). The van der Waals surface area contributed by atoms with Crippen LogP contribution in [-0.2, 0) is 24.3 Å². The van der Waals surface area contributed by atoms with Crippen LogP contribution in [-0.4, -0.2) is 45.1 Å². The van der Waals surface area contributed by atoms with Crippen LogP contribution in [0, 0.1) is 0 Å². The van der Waals surface area contributed by atoms with Crippen molar-refractivity contribution >= 4 is 44.9 Å². The molecular weight excluding hydrogens is 408 g/mol. The first kappa shape index (κ1) is 21.4. The zero-order valence-corrected chi connectivity index (χ0v) is 16.3. The first-order valence-corrected chi connectivity index (χ1v) is 10.2. The van der Waals surface area contributed by atoms with Crippen LogP contribution in [0.4, 0.5) is 0 Å². The number of hydrogen-bond donors (Lipinski definition) is 2. The van der Waals surface area contributed by atoms with E-state index in [-0.39, 0.29) is 10.7 Å². The van der Waals surface area contributed by atoms with E-state index in [0.29, 0.717) is 10.4 Å². The molecule has 0 aliphatic heterocycles. The first-order valence-electron chi connectivity index (χ1n) is 7.83. The van der Waals surface area contributed by atoms with Crippen LogP contribution >= 0.6 is 11.3 Å². The van der Waals surface area contributed by atoms with Gasteiger partial charge in [0, 0.05) is 5.56 Å². The van der Waals surface area contributed by atoms with Crippen LogP contribution in [0.25, 0.3) is 0 Å². The lowest BCUT2D eigenvalue weighted by Crippen LogP contribution is -2.36. The average molecular weight is 424 g/mol. The summed E-state index contributed by atoms with van der Waals surface area (Å²) in [7, 11) is -4.00. The third-order valence-electron chi connectivity index (χ3n) is 3.34. The molecule has 0 aliphatic rings. The van der Waals surface area contributed by atoms with E-state index in [1.165, 1.54) is 37.3 Å². The maximum atomic E-state index is 12.1. The smallest absolute Gasteiger partial charge is 0.321 e. The van der Waals surface area contributed by atoms with E-state index in [4.69, 9.17) is 0 Å². The van der Waals surface area contributed by atoms with Crippen molar-refractivity contribution in [1.29, 1.82) is 0 Å². The van der Waals surface area contributed by atoms with Crippen molar-refractivity contribution in [3.8, 4) is 0 Å². The molecule has 0 aliphatic carbocycles. The quantitative estimate of drug-likeness (QED) is 0.471. The minimum atomic E-state index is -4.00. The highest BCUT2D eigenvalue weighted by atomic mass is 32.2. The van der Waals surface area contributed by atoms with Crippen molar-refractivity contribution < 1.29 is 32.3 Å². The molecule has 0 saturated carbocycles. The predicted molar refractivity (Wildman–Crippen MR) is 99.4 cm³/mol. The molecule has 0 atom stereocenters. The molecule has 148 valence electrons. The number of ketones is 1. The van der Waals surface area contributed by atoms with Crippen LogP contribution in [0.3, 0.4) is 0 Å². The average Bonchev–Trinajstić information content (AvgIpc) is 3.20. The molecule has 2 amide bonds. The molecule has 9 nitrogen and oxygen atoms in total. The number of esters is 1. The van der Waals surface area contributed by atoms with Gasteiger partial charge >= 0.3 is 5.97 Å². The monoisotopic (exact) mass is 424 g/mol. The SMILES string of the molecule is CC(=O)c1ccc(S(=O)(=O)NCC(=O)OCC(=O)NC(=O)c2cccs2)cc1. The van der Waals surface area contributed by atoms with E-state index in [2.05, 4.69) is 4.74 Å². The third kappa shape index (κ3) is 6.08. The second kappa shape index (κ2) is 9.35. The van der Waals surface area contributed by atoms with Gasteiger partial charge in [-0.3, -0.25) is 24.5 Å². The Balaban J connectivity index is 1.80. The molecule has 0 bridgehead atoms. The summed E-state index contributed by atoms with van der Waals surface area (Å²) in [6, 6.07) is 8.33. The van der Waals surface area contributed by atoms with E-state index < -0.39 is 41.0 Å². The van der Waals surface area contributed by atoms with Gasteiger partial charge in [-0.25, -0.2) is 8.42 Å². The second-order valence-corrected chi connectivity index (χ2v) is 8.14. The van der Waals surface area contributed by atoms with Crippen molar-refractivity contribution in [2.75, 3.05) is 13.2 Å². The number of sulfonamides is 1. The minimum absolute atomic E-state index is 0.135. The number of ether oxygens (including phenoxy) is 1. The number of carbonyl (C=O) groups excluding carboxylic acids is 4. The van der Waals surface area contributed by atoms with Crippen molar-refractivity contribution in [3.63, 3.8) is 0 Å². The van der Waals surface area contributed by atoms with E-state index in [1.807, 2.05) is 10.0 Å². The molecule has 0 unspecified atom stereocenters. The summed E-state index contributed by atoms with van der Waals surface area (Å²) in [5, 5.41) is 3.71. The highest BCUT2D eigenvalue weighted by Crippen LogP contribution is 2.11. The van der Waals surface area contributed by atoms with Gasteiger partial charge in [-0.1, -0.05) is 18.2 Å². The van der Waals surface area contributed by atoms with Crippen molar-refractivity contribution in [2.45, 2.75) is 11.8 Å². The molecule has 0 fully saturated rings. The van der Waals surface area contributed by atoms with Crippen LogP contribution < -0.4 is 10.0 Å². The van der Waals surface area contributed by atoms with Gasteiger partial charge in [-0.05, 0) is 30.5 Å². The van der Waals surface area contributed by atoms with Gasteiger partial charge in [0.25, 0.3) is 11.8 Å². The number of thiophene rings is 1. The van der Waals surface area contributed by atoms with E-state index in [0.717, 1.165) is 11.3 Å². The van der Waals surface area contributed by atoms with Gasteiger partial charge in [0.05, 0.1) is 9.77 Å². The summed E-state index contributed by atoms with van der Waals surface area (Å²) >= 11 is 1.14. The standard InChI is InChI=1S/C17H16N2O7S2/c1-11(20)12-4-6-13(7-5-12)28(24,25)18-9-16(22)26-10-15(21)19-17(23)14-3-2-8-27-14/h2-8,18H,9-10H2,1H3,(H,19,21,23). The van der Waals surface area contributed by atoms with Gasteiger partial charge in [0.15, 0.2) is 12.4 Å². The maximum absolute atomic E-state index is 12.1. The van der Waals surface area contributed by atoms with E-state index in [9.17, 15) is 27.6 Å². The van der Waals surface area contributed by atoms with Gasteiger partial charge in [0.1, 0.15) is 6.54 Å². The lowest BCUT2D eigenvalue weighted by atomic mass is 10.2. The lowest BCUT2D eigenvalue weighted by molar-refractivity contribution is -0.147. The maximum Gasteiger partial charge on any atom is 0.321 e. The molecule has 1 heterocycles. The Morgan fingerprint density at radius 2 is 1.75 bits per heavy atom. The largest absolute Gasteiger partial charge is 0.455 e. The lowest BCUT2D eigenvalue weighted by Gasteiger charge is -2.08. The van der Waals surface area contributed by atoms with Crippen LogP contribution in [0.5, 0.6) is 0 Å². The first-order chi connectivity index (χ1) is 13.2. The Kier molecular flexibility index (Phi) is 7.15. The van der Waals surface area contributed by atoms with Crippen LogP contribution in [0.1, 0.15) is 27.0 Å². The molecule has 0 saturated heterocycles. The molecule has 2 N–H and O–H groups in total. The molecule has 0 radical (unpaired) electrons. The number of hydrogen-bond acceptors (Lipinski definition) is 8. The molecule has 28 heavy (non-hydrogen) atoms. The second-order valence-electron chi connectivity index (χ2n) is 5.42. The van der Waals surface area contributed by atoms with Crippen molar-refractivity contribution in [1.82, 2.24) is 10.0 Å². The zero-order chi connectivity index (χ0) is 20.7. The molecule has 2 aromatic rings. The molecule has 1 aromatic heterocycles. The highest BCUT2D eigenvalue weighted by molar-refractivity contribution is 7.89. The van der Waals surface area contributed by atoms with Crippen molar-refractivity contribution in [2.24, 2.45) is 0 Å². The highest BCUT2D eigenvalue weighted by Gasteiger charge is 2.18. The topological polar surface area (TPSA) is 136 Å². The Labute approximate surface area is 164 Å². The fraction of sp³-hybridized carbons (Fsp3) is 0.176. The predicted octanol–water partition coefficient (Wildman–Crippen LogP) is 0.729. The van der Waals surface area contributed by atoms with E-state index in [1.54, 1.807) is 11.4 Å². The number of Topliss-reactive ketones (excluding diaryl/α,β-unsaturated/α-hetero) is 1. The summed E-state index contributed by atoms with van der Waals surface area (Å²) in [5.74, 6) is -2.67. The van der Waals surface area contributed by atoms with Crippen LogP contribution in [0.2, 0.25) is 0 Å². The fourth-order valence-corrected chi connectivity index (χ4v) is 3.52. The fourth-order valence-electron chi connectivity index (χ4n) is 1.94. The van der Waals surface area contributed by atoms with Gasteiger partial charge in [-0.2, -0.15) is 4.72 Å². The summed E-state index contributed by atoms with van der Waals surface area (Å²) < 4.78 is 30.9. The molecular formula is C17H16N2O7S2. The van der Waals surface area contributed by atoms with Gasteiger partial charge < -0.3 is 4.74 Å². The van der Waals surface area contributed by atoms with E-state index >= 15 is 0 Å². The summed E-state index contributed by atoms with van der Waals surface area (Å²) in [6.07, 6.45) is 0. The number of benzene rings is 1. The van der Waals surface area contributed by atoms with Gasteiger partial charge in [-0.15, -0.1) is 11.3 Å². The summed E-state index contributed by atoms with van der Waals surface area (Å²) in [5.41, 5.74) is 0.349. The summed E-state index contributed by atoms with van der Waals surface area (Å²) in [6.45, 7) is -0.0875.